The Labute approximate surface area is 115 Å². The zero-order valence-electron chi connectivity index (χ0n) is 11.1. The van der Waals surface area contributed by atoms with E-state index in [1.807, 2.05) is 0 Å². The molecule has 1 aliphatic rings. The molecular weight excluding hydrogens is 268 g/mol. The molecule has 0 aliphatic carbocycles. The normalized spacial score (nSPS) is 16.2. The van der Waals surface area contributed by atoms with Crippen molar-refractivity contribution in [3.63, 3.8) is 0 Å². The SMILES string of the molecule is COC(CS(=O)c1ccc2c(c1)OCCCO2)OC. The highest BCUT2D eigenvalue weighted by Crippen LogP contribution is 2.31. The maximum atomic E-state index is 12.2. The molecule has 0 saturated carbocycles. The Hall–Kier alpha value is -1.11. The molecule has 1 aliphatic heterocycles. The molecule has 1 aromatic rings. The molecule has 19 heavy (non-hydrogen) atoms. The third-order valence-electron chi connectivity index (χ3n) is 2.80. The van der Waals surface area contributed by atoms with Crippen molar-refractivity contribution in [2.24, 2.45) is 0 Å². The number of ether oxygens (including phenoxy) is 4. The third kappa shape index (κ3) is 3.68. The van der Waals surface area contributed by atoms with Crippen molar-refractivity contribution >= 4 is 10.8 Å². The minimum atomic E-state index is -1.20. The summed E-state index contributed by atoms with van der Waals surface area (Å²) in [5.41, 5.74) is 0. The van der Waals surface area contributed by atoms with E-state index in [9.17, 15) is 4.21 Å². The van der Waals surface area contributed by atoms with Crippen molar-refractivity contribution in [1.29, 1.82) is 0 Å². The molecule has 1 atom stereocenters. The Kier molecular flexibility index (Phi) is 5.18. The van der Waals surface area contributed by atoms with Gasteiger partial charge in [-0.3, -0.25) is 4.21 Å². The second-order valence-corrected chi connectivity index (χ2v) is 5.57. The van der Waals surface area contributed by atoms with Gasteiger partial charge >= 0.3 is 0 Å². The van der Waals surface area contributed by atoms with Gasteiger partial charge < -0.3 is 18.9 Å². The van der Waals surface area contributed by atoms with Crippen LogP contribution in [-0.2, 0) is 20.3 Å². The van der Waals surface area contributed by atoms with E-state index in [-0.39, 0.29) is 5.75 Å². The molecule has 6 heteroatoms. The van der Waals surface area contributed by atoms with Crippen LogP contribution in [0, 0.1) is 0 Å². The van der Waals surface area contributed by atoms with Gasteiger partial charge in [0.25, 0.3) is 0 Å². The first-order valence-electron chi connectivity index (χ1n) is 6.08. The maximum Gasteiger partial charge on any atom is 0.168 e. The van der Waals surface area contributed by atoms with E-state index in [4.69, 9.17) is 18.9 Å². The lowest BCUT2D eigenvalue weighted by Gasteiger charge is -2.13. The molecule has 0 bridgehead atoms. The fourth-order valence-corrected chi connectivity index (χ4v) is 2.91. The average Bonchev–Trinajstić information content (AvgIpc) is 2.68. The van der Waals surface area contributed by atoms with Gasteiger partial charge in [0.1, 0.15) is 0 Å². The van der Waals surface area contributed by atoms with Crippen LogP contribution in [0.2, 0.25) is 0 Å². The van der Waals surface area contributed by atoms with E-state index in [0.717, 1.165) is 6.42 Å². The van der Waals surface area contributed by atoms with Gasteiger partial charge in [0.05, 0.1) is 29.8 Å². The smallest absolute Gasteiger partial charge is 0.168 e. The fourth-order valence-electron chi connectivity index (χ4n) is 1.74. The Morgan fingerprint density at radius 2 is 1.89 bits per heavy atom. The summed E-state index contributed by atoms with van der Waals surface area (Å²) in [7, 11) is 1.85. The van der Waals surface area contributed by atoms with Crippen LogP contribution in [0.3, 0.4) is 0 Å². The molecule has 0 N–H and O–H groups in total. The monoisotopic (exact) mass is 286 g/mol. The van der Waals surface area contributed by atoms with E-state index in [0.29, 0.717) is 29.6 Å². The van der Waals surface area contributed by atoms with Crippen LogP contribution in [0.25, 0.3) is 0 Å². The Bertz CT molecular complexity index is 445. The van der Waals surface area contributed by atoms with Gasteiger partial charge in [-0.15, -0.1) is 0 Å². The van der Waals surface area contributed by atoms with E-state index in [1.54, 1.807) is 18.2 Å². The highest BCUT2D eigenvalue weighted by atomic mass is 32.2. The van der Waals surface area contributed by atoms with Crippen molar-refractivity contribution < 1.29 is 23.2 Å². The first kappa shape index (κ1) is 14.3. The van der Waals surface area contributed by atoms with Crippen molar-refractivity contribution in [2.45, 2.75) is 17.6 Å². The molecule has 0 amide bonds. The number of hydrogen-bond acceptors (Lipinski definition) is 5. The molecule has 0 aromatic heterocycles. The summed E-state index contributed by atoms with van der Waals surface area (Å²) in [4.78, 5) is 0.684. The van der Waals surface area contributed by atoms with Gasteiger partial charge in [0.2, 0.25) is 0 Å². The molecule has 106 valence electrons. The molecule has 1 aromatic carbocycles. The van der Waals surface area contributed by atoms with Crippen molar-refractivity contribution in [3.05, 3.63) is 18.2 Å². The summed E-state index contributed by atoms with van der Waals surface area (Å²) < 4.78 is 33.4. The van der Waals surface area contributed by atoms with Crippen LogP contribution < -0.4 is 9.47 Å². The summed E-state index contributed by atoms with van der Waals surface area (Å²) in [6.07, 6.45) is 0.375. The van der Waals surface area contributed by atoms with Crippen molar-refractivity contribution in [2.75, 3.05) is 33.2 Å². The van der Waals surface area contributed by atoms with Gasteiger partial charge in [-0.25, -0.2) is 0 Å². The van der Waals surface area contributed by atoms with E-state index < -0.39 is 17.1 Å². The number of benzene rings is 1. The van der Waals surface area contributed by atoms with Crippen molar-refractivity contribution in [3.8, 4) is 11.5 Å². The number of hydrogen-bond donors (Lipinski definition) is 0. The first-order chi connectivity index (χ1) is 9.24. The minimum Gasteiger partial charge on any atom is -0.490 e. The zero-order chi connectivity index (χ0) is 13.7. The second kappa shape index (κ2) is 6.88. The summed E-state index contributed by atoms with van der Waals surface area (Å²) in [6.45, 7) is 1.26. The quantitative estimate of drug-likeness (QED) is 0.769. The van der Waals surface area contributed by atoms with Gasteiger partial charge in [-0.1, -0.05) is 0 Å². The Balaban J connectivity index is 2.12. The predicted molar refractivity (Wildman–Crippen MR) is 71.1 cm³/mol. The second-order valence-electron chi connectivity index (χ2n) is 4.07. The van der Waals surface area contributed by atoms with Crippen LogP contribution >= 0.6 is 0 Å². The highest BCUT2D eigenvalue weighted by molar-refractivity contribution is 7.85. The van der Waals surface area contributed by atoms with Crippen molar-refractivity contribution in [1.82, 2.24) is 0 Å². The molecular formula is C13H18O5S. The van der Waals surface area contributed by atoms with E-state index >= 15 is 0 Å². The van der Waals surface area contributed by atoms with Crippen LogP contribution in [-0.4, -0.2) is 43.7 Å². The molecule has 2 rings (SSSR count). The maximum absolute atomic E-state index is 12.2. The van der Waals surface area contributed by atoms with E-state index in [1.165, 1.54) is 14.2 Å². The van der Waals surface area contributed by atoms with Crippen LogP contribution in [0.5, 0.6) is 11.5 Å². The van der Waals surface area contributed by atoms with Crippen LogP contribution in [0.4, 0.5) is 0 Å². The first-order valence-corrected chi connectivity index (χ1v) is 7.40. The number of fused-ring (bicyclic) bond motifs is 1. The lowest BCUT2D eigenvalue weighted by atomic mass is 10.3. The Morgan fingerprint density at radius 1 is 1.21 bits per heavy atom. The van der Waals surface area contributed by atoms with Gasteiger partial charge in [0.15, 0.2) is 17.8 Å². The van der Waals surface area contributed by atoms with Crippen LogP contribution in [0.1, 0.15) is 6.42 Å². The molecule has 0 fully saturated rings. The molecule has 1 heterocycles. The minimum absolute atomic E-state index is 0.284. The zero-order valence-corrected chi connectivity index (χ0v) is 11.9. The predicted octanol–water partition coefficient (Wildman–Crippen LogP) is 1.57. The summed E-state index contributed by atoms with van der Waals surface area (Å²) >= 11 is 0. The lowest BCUT2D eigenvalue weighted by Crippen LogP contribution is -2.21. The average molecular weight is 286 g/mol. The van der Waals surface area contributed by atoms with Gasteiger partial charge in [0, 0.05) is 31.6 Å². The summed E-state index contributed by atoms with van der Waals surface area (Å²) in [6, 6.07) is 5.34. The lowest BCUT2D eigenvalue weighted by molar-refractivity contribution is -0.0847. The largest absolute Gasteiger partial charge is 0.490 e. The Morgan fingerprint density at radius 3 is 2.58 bits per heavy atom. The topological polar surface area (TPSA) is 54.0 Å². The van der Waals surface area contributed by atoms with E-state index in [2.05, 4.69) is 0 Å². The van der Waals surface area contributed by atoms with Gasteiger partial charge in [-0.2, -0.15) is 0 Å². The number of methoxy groups -OCH3 is 2. The summed E-state index contributed by atoms with van der Waals surface area (Å²) in [5, 5.41) is 0. The number of rotatable bonds is 5. The molecule has 0 saturated heterocycles. The van der Waals surface area contributed by atoms with Gasteiger partial charge in [-0.05, 0) is 12.1 Å². The third-order valence-corrected chi connectivity index (χ3v) is 4.15. The molecule has 0 radical (unpaired) electrons. The molecule has 1 unspecified atom stereocenters. The molecule has 0 spiro atoms. The summed E-state index contributed by atoms with van der Waals surface area (Å²) in [5.74, 6) is 1.63. The highest BCUT2D eigenvalue weighted by Gasteiger charge is 2.16. The van der Waals surface area contributed by atoms with Crippen LogP contribution in [0.15, 0.2) is 23.1 Å². The fraction of sp³-hybridized carbons (Fsp3) is 0.538. The standard InChI is InChI=1S/C13H18O5S/c1-15-13(16-2)9-19(14)10-4-5-11-12(8-10)18-7-3-6-17-11/h4-5,8,13H,3,6-7,9H2,1-2H3. The molecule has 5 nitrogen and oxygen atoms in total.